The largest absolute Gasteiger partial charge is 0.508 e. The Bertz CT molecular complexity index is 675. The van der Waals surface area contributed by atoms with Crippen molar-refractivity contribution in [2.45, 2.75) is 0 Å². The first-order valence-electron chi connectivity index (χ1n) is 5.70. The molecule has 0 aliphatic carbocycles. The van der Waals surface area contributed by atoms with E-state index in [1.54, 1.807) is 0 Å². The summed E-state index contributed by atoms with van der Waals surface area (Å²) in [4.78, 5) is 11.3. The molecule has 20 heavy (non-hydrogen) atoms. The molecule has 0 atom stereocenters. The zero-order valence-corrected chi connectivity index (χ0v) is 10.2. The predicted molar refractivity (Wildman–Crippen MR) is 71.7 cm³/mol. The summed E-state index contributed by atoms with van der Waals surface area (Å²) in [7, 11) is 0. The summed E-state index contributed by atoms with van der Waals surface area (Å²) in [5.41, 5.74) is 0.460. The van der Waals surface area contributed by atoms with Gasteiger partial charge in [0.2, 0.25) is 0 Å². The Labute approximate surface area is 114 Å². The minimum atomic E-state index is -1.20. The van der Waals surface area contributed by atoms with Crippen molar-refractivity contribution in [3.63, 3.8) is 0 Å². The highest BCUT2D eigenvalue weighted by atomic mass is 19.1. The molecule has 0 amide bonds. The van der Waals surface area contributed by atoms with Gasteiger partial charge in [0, 0.05) is 11.6 Å². The molecule has 0 aliphatic heterocycles. The lowest BCUT2D eigenvalue weighted by Gasteiger charge is -2.05. The lowest BCUT2D eigenvalue weighted by atomic mass is 10.0. The lowest BCUT2D eigenvalue weighted by molar-refractivity contribution is -0.130. The predicted octanol–water partition coefficient (Wildman–Crippen LogP) is 2.86. The van der Waals surface area contributed by atoms with Gasteiger partial charge in [-0.15, -0.1) is 0 Å². The standard InChI is InChI=1S/C15H11FO4/c16-11-4-1-9(2-5-11)13(15(19)20)7-10-3-6-12(17)8-14(10)18/h1-8,17-18H,(H,19,20)/b13-7-. The Balaban J connectivity index is 2.50. The van der Waals surface area contributed by atoms with Crippen molar-refractivity contribution in [2.75, 3.05) is 0 Å². The SMILES string of the molecule is O=C(O)/C(=C\c1ccc(O)cc1O)c1ccc(F)cc1. The van der Waals surface area contributed by atoms with Crippen LogP contribution in [0.4, 0.5) is 4.39 Å². The van der Waals surface area contributed by atoms with Gasteiger partial charge in [0.25, 0.3) is 0 Å². The first-order valence-corrected chi connectivity index (χ1v) is 5.70. The summed E-state index contributed by atoms with van der Waals surface area (Å²) in [6, 6.07) is 8.81. The number of phenols is 2. The second-order valence-electron chi connectivity index (χ2n) is 4.11. The molecule has 0 saturated carbocycles. The summed E-state index contributed by atoms with van der Waals surface area (Å²) in [6.07, 6.45) is 1.25. The molecule has 0 aliphatic rings. The number of phenolic OH excluding ortho intramolecular Hbond substituents is 2. The monoisotopic (exact) mass is 274 g/mol. The number of rotatable bonds is 3. The summed E-state index contributed by atoms with van der Waals surface area (Å²) in [5, 5.41) is 28.1. The number of aliphatic carboxylic acids is 1. The maximum atomic E-state index is 12.9. The van der Waals surface area contributed by atoms with Crippen LogP contribution in [0.2, 0.25) is 0 Å². The first-order chi connectivity index (χ1) is 9.47. The number of hydrogen-bond donors (Lipinski definition) is 3. The van der Waals surface area contributed by atoms with Crippen molar-refractivity contribution in [3.8, 4) is 11.5 Å². The van der Waals surface area contributed by atoms with Gasteiger partial charge in [-0.1, -0.05) is 12.1 Å². The normalized spacial score (nSPS) is 11.3. The van der Waals surface area contributed by atoms with Crippen LogP contribution in [0, 0.1) is 5.82 Å². The van der Waals surface area contributed by atoms with Crippen LogP contribution in [0.25, 0.3) is 11.6 Å². The number of benzene rings is 2. The molecule has 3 N–H and O–H groups in total. The van der Waals surface area contributed by atoms with Crippen LogP contribution in [0.15, 0.2) is 42.5 Å². The van der Waals surface area contributed by atoms with Gasteiger partial charge in [0.1, 0.15) is 17.3 Å². The van der Waals surface area contributed by atoms with Gasteiger partial charge in [-0.25, -0.2) is 9.18 Å². The van der Waals surface area contributed by atoms with E-state index in [0.717, 1.165) is 18.2 Å². The Kier molecular flexibility index (Phi) is 3.70. The number of aromatic hydroxyl groups is 2. The molecule has 0 saturated heterocycles. The third kappa shape index (κ3) is 2.95. The van der Waals surface area contributed by atoms with E-state index in [4.69, 9.17) is 0 Å². The summed E-state index contributed by atoms with van der Waals surface area (Å²) in [5.74, 6) is -2.04. The van der Waals surface area contributed by atoms with Crippen molar-refractivity contribution in [3.05, 3.63) is 59.4 Å². The van der Waals surface area contributed by atoms with Crippen LogP contribution in [-0.4, -0.2) is 21.3 Å². The fourth-order valence-electron chi connectivity index (χ4n) is 1.71. The molecule has 0 aromatic heterocycles. The summed E-state index contributed by atoms with van der Waals surface area (Å²) in [6.45, 7) is 0. The van der Waals surface area contributed by atoms with E-state index in [-0.39, 0.29) is 22.6 Å². The van der Waals surface area contributed by atoms with Gasteiger partial charge in [-0.2, -0.15) is 0 Å². The minimum Gasteiger partial charge on any atom is -0.508 e. The topological polar surface area (TPSA) is 77.8 Å². The highest BCUT2D eigenvalue weighted by Gasteiger charge is 2.12. The molecular weight excluding hydrogens is 263 g/mol. The maximum absolute atomic E-state index is 12.9. The maximum Gasteiger partial charge on any atom is 0.336 e. The van der Waals surface area contributed by atoms with Gasteiger partial charge >= 0.3 is 5.97 Å². The van der Waals surface area contributed by atoms with Gasteiger partial charge in [0.05, 0.1) is 5.57 Å². The number of halogens is 1. The van der Waals surface area contributed by atoms with Crippen molar-refractivity contribution in [1.82, 2.24) is 0 Å². The lowest BCUT2D eigenvalue weighted by Crippen LogP contribution is -1.99. The van der Waals surface area contributed by atoms with Gasteiger partial charge in [-0.3, -0.25) is 0 Å². The van der Waals surface area contributed by atoms with E-state index >= 15 is 0 Å². The molecule has 2 aromatic carbocycles. The highest BCUT2D eigenvalue weighted by Crippen LogP contribution is 2.27. The Morgan fingerprint density at radius 3 is 2.25 bits per heavy atom. The molecule has 0 fully saturated rings. The van der Waals surface area contributed by atoms with Crippen LogP contribution < -0.4 is 0 Å². The second-order valence-corrected chi connectivity index (χ2v) is 4.11. The smallest absolute Gasteiger partial charge is 0.336 e. The molecule has 5 heteroatoms. The first kappa shape index (κ1) is 13.6. The molecular formula is C15H11FO4. The summed E-state index contributed by atoms with van der Waals surface area (Å²) >= 11 is 0. The van der Waals surface area contributed by atoms with Crippen LogP contribution in [0.1, 0.15) is 11.1 Å². The number of carboxylic acid groups (broad SMARTS) is 1. The third-order valence-electron chi connectivity index (χ3n) is 2.70. The molecule has 2 rings (SSSR count). The van der Waals surface area contributed by atoms with Crippen molar-refractivity contribution in [1.29, 1.82) is 0 Å². The Morgan fingerprint density at radius 1 is 1.05 bits per heavy atom. The number of carbonyl (C=O) groups is 1. The van der Waals surface area contributed by atoms with Crippen molar-refractivity contribution < 1.29 is 24.5 Å². The quantitative estimate of drug-likeness (QED) is 0.594. The molecule has 0 heterocycles. The number of hydrogen-bond acceptors (Lipinski definition) is 3. The molecule has 0 bridgehead atoms. The number of carboxylic acids is 1. The molecule has 4 nitrogen and oxygen atoms in total. The van der Waals surface area contributed by atoms with Crippen LogP contribution in [0.3, 0.4) is 0 Å². The van der Waals surface area contributed by atoms with Gasteiger partial charge < -0.3 is 15.3 Å². The van der Waals surface area contributed by atoms with E-state index in [9.17, 15) is 24.5 Å². The zero-order chi connectivity index (χ0) is 14.7. The van der Waals surface area contributed by atoms with E-state index in [1.165, 1.54) is 30.3 Å². The van der Waals surface area contributed by atoms with E-state index in [2.05, 4.69) is 0 Å². The second kappa shape index (κ2) is 5.44. The zero-order valence-electron chi connectivity index (χ0n) is 10.2. The van der Waals surface area contributed by atoms with Crippen molar-refractivity contribution >= 4 is 17.6 Å². The third-order valence-corrected chi connectivity index (χ3v) is 2.70. The van der Waals surface area contributed by atoms with E-state index < -0.39 is 11.8 Å². The summed E-state index contributed by atoms with van der Waals surface area (Å²) < 4.78 is 12.9. The molecule has 0 spiro atoms. The van der Waals surface area contributed by atoms with Crippen LogP contribution in [-0.2, 0) is 4.79 Å². The Morgan fingerprint density at radius 2 is 1.70 bits per heavy atom. The molecule has 0 unspecified atom stereocenters. The Hall–Kier alpha value is -2.82. The average molecular weight is 274 g/mol. The van der Waals surface area contributed by atoms with Gasteiger partial charge in [0.15, 0.2) is 0 Å². The van der Waals surface area contributed by atoms with Crippen LogP contribution in [0.5, 0.6) is 11.5 Å². The fourth-order valence-corrected chi connectivity index (χ4v) is 1.71. The fraction of sp³-hybridized carbons (Fsp3) is 0. The average Bonchev–Trinajstić information content (AvgIpc) is 2.39. The van der Waals surface area contributed by atoms with E-state index in [0.29, 0.717) is 5.56 Å². The molecule has 2 aromatic rings. The van der Waals surface area contributed by atoms with Crippen LogP contribution >= 0.6 is 0 Å². The molecule has 0 radical (unpaired) electrons. The highest BCUT2D eigenvalue weighted by molar-refractivity contribution is 6.20. The molecule has 102 valence electrons. The van der Waals surface area contributed by atoms with E-state index in [1.807, 2.05) is 0 Å². The van der Waals surface area contributed by atoms with Crippen molar-refractivity contribution in [2.24, 2.45) is 0 Å². The van der Waals surface area contributed by atoms with Gasteiger partial charge in [-0.05, 0) is 35.9 Å². The minimum absolute atomic E-state index is 0.0917.